The molecular formula is C24H38N6O3. The summed E-state index contributed by atoms with van der Waals surface area (Å²) < 4.78 is 5.44. The van der Waals surface area contributed by atoms with Gasteiger partial charge in [0.25, 0.3) is 0 Å². The van der Waals surface area contributed by atoms with Crippen LogP contribution in [0.15, 0.2) is 12.4 Å². The molecule has 2 saturated heterocycles. The van der Waals surface area contributed by atoms with Gasteiger partial charge in [-0.1, -0.05) is 0 Å². The number of carbonyl (C=O) groups is 2. The third-order valence-corrected chi connectivity index (χ3v) is 6.48. The summed E-state index contributed by atoms with van der Waals surface area (Å²) in [6.07, 6.45) is 7.49. The fourth-order valence-electron chi connectivity index (χ4n) is 4.50. The Morgan fingerprint density at radius 2 is 1.79 bits per heavy atom. The van der Waals surface area contributed by atoms with Gasteiger partial charge < -0.3 is 24.8 Å². The van der Waals surface area contributed by atoms with Crippen molar-refractivity contribution < 1.29 is 14.3 Å². The maximum absolute atomic E-state index is 12.8. The van der Waals surface area contributed by atoms with Gasteiger partial charge in [-0.05, 0) is 58.8 Å². The first-order chi connectivity index (χ1) is 15.8. The third-order valence-electron chi connectivity index (χ3n) is 6.48. The van der Waals surface area contributed by atoms with Crippen LogP contribution in [0.3, 0.4) is 0 Å². The van der Waals surface area contributed by atoms with Gasteiger partial charge in [-0.3, -0.25) is 4.79 Å². The molecule has 0 bridgehead atoms. The topological polar surface area (TPSA) is 90.9 Å². The number of aromatic nitrogens is 2. The molecule has 3 heterocycles. The molecule has 3 aliphatic rings. The Hall–Kier alpha value is -2.58. The summed E-state index contributed by atoms with van der Waals surface area (Å²) in [7, 11) is 0. The average molecular weight is 459 g/mol. The number of piperazine rings is 1. The summed E-state index contributed by atoms with van der Waals surface area (Å²) in [5, 5.41) is 3.44. The monoisotopic (exact) mass is 458 g/mol. The van der Waals surface area contributed by atoms with Gasteiger partial charge in [-0.25, -0.2) is 14.8 Å². The van der Waals surface area contributed by atoms with Crippen LogP contribution in [0.1, 0.15) is 59.3 Å². The first kappa shape index (κ1) is 23.6. The number of ether oxygens (including phenoxy) is 1. The van der Waals surface area contributed by atoms with Crippen LogP contribution < -0.4 is 10.2 Å². The number of nitrogens with one attached hydrogen (secondary N) is 1. The summed E-state index contributed by atoms with van der Waals surface area (Å²) in [5.41, 5.74) is -0.501. The number of piperidine rings is 1. The van der Waals surface area contributed by atoms with Crippen molar-refractivity contribution in [2.45, 2.75) is 70.9 Å². The van der Waals surface area contributed by atoms with Crippen LogP contribution in [0.5, 0.6) is 0 Å². The summed E-state index contributed by atoms with van der Waals surface area (Å²) in [6, 6.07) is 2.62. The highest BCUT2D eigenvalue weighted by Crippen LogP contribution is 2.28. The first-order valence-corrected chi connectivity index (χ1v) is 12.4. The van der Waals surface area contributed by atoms with Gasteiger partial charge in [0.2, 0.25) is 5.91 Å². The van der Waals surface area contributed by atoms with Crippen LogP contribution in [0, 0.1) is 5.92 Å². The third kappa shape index (κ3) is 6.95. The molecule has 2 amide bonds. The Morgan fingerprint density at radius 1 is 1.06 bits per heavy atom. The number of hydrogen-bond acceptors (Lipinski definition) is 7. The van der Waals surface area contributed by atoms with E-state index in [1.165, 1.54) is 12.8 Å². The Morgan fingerprint density at radius 3 is 2.48 bits per heavy atom. The summed E-state index contributed by atoms with van der Waals surface area (Å²) in [4.78, 5) is 39.8. The van der Waals surface area contributed by atoms with Crippen molar-refractivity contribution in [1.82, 2.24) is 19.8 Å². The minimum atomic E-state index is -0.501. The van der Waals surface area contributed by atoms with Crippen molar-refractivity contribution in [1.29, 1.82) is 0 Å². The van der Waals surface area contributed by atoms with Gasteiger partial charge in [0.1, 0.15) is 23.6 Å². The molecule has 1 aromatic rings. The zero-order chi connectivity index (χ0) is 23.4. The number of anilines is 2. The van der Waals surface area contributed by atoms with E-state index in [1.807, 2.05) is 25.7 Å². The highest BCUT2D eigenvalue weighted by atomic mass is 16.6. The Labute approximate surface area is 196 Å². The predicted octanol–water partition coefficient (Wildman–Crippen LogP) is 3.13. The largest absolute Gasteiger partial charge is 0.444 e. The molecule has 182 valence electrons. The van der Waals surface area contributed by atoms with E-state index in [1.54, 1.807) is 11.2 Å². The standard InChI is InChI=1S/C24H38N6O3/c1-24(2,3)33-23(32)29-13-11-28(12-14-29)22(31)9-6-18-5-4-10-30(16-18)21-15-20(25-17-26-21)27-19-7-8-19/h15,17-19H,4-14,16H2,1-3H3,(H,25,26,27)/t18-/m0/s1. The van der Waals surface area contributed by atoms with E-state index in [-0.39, 0.29) is 12.0 Å². The molecule has 1 aliphatic carbocycles. The van der Waals surface area contributed by atoms with Crippen LogP contribution in [0.4, 0.5) is 16.4 Å². The minimum absolute atomic E-state index is 0.189. The zero-order valence-corrected chi connectivity index (χ0v) is 20.3. The zero-order valence-electron chi connectivity index (χ0n) is 20.3. The van der Waals surface area contributed by atoms with Crippen molar-refractivity contribution in [3.63, 3.8) is 0 Å². The van der Waals surface area contributed by atoms with Crippen LogP contribution >= 0.6 is 0 Å². The molecule has 33 heavy (non-hydrogen) atoms. The van der Waals surface area contributed by atoms with Crippen LogP contribution in [-0.4, -0.2) is 82.7 Å². The molecule has 0 radical (unpaired) electrons. The van der Waals surface area contributed by atoms with E-state index >= 15 is 0 Å². The molecule has 0 spiro atoms. The van der Waals surface area contributed by atoms with E-state index in [0.717, 1.165) is 44.0 Å². The van der Waals surface area contributed by atoms with Crippen LogP contribution in [-0.2, 0) is 9.53 Å². The fourth-order valence-corrected chi connectivity index (χ4v) is 4.50. The molecule has 2 aliphatic heterocycles. The van der Waals surface area contributed by atoms with E-state index in [0.29, 0.717) is 44.6 Å². The molecule has 0 unspecified atom stereocenters. The SMILES string of the molecule is CC(C)(C)OC(=O)N1CCN(C(=O)CC[C@@H]2CCCN(c3cc(NC4CC4)ncn3)C2)CC1. The van der Waals surface area contributed by atoms with Gasteiger partial charge in [-0.15, -0.1) is 0 Å². The Balaban J connectivity index is 1.21. The van der Waals surface area contributed by atoms with Gasteiger partial charge in [0.05, 0.1) is 0 Å². The maximum Gasteiger partial charge on any atom is 0.410 e. The molecule has 1 N–H and O–H groups in total. The molecule has 1 saturated carbocycles. The number of hydrogen-bond donors (Lipinski definition) is 1. The van der Waals surface area contributed by atoms with Gasteiger partial charge in [-0.2, -0.15) is 0 Å². The van der Waals surface area contributed by atoms with Gasteiger partial charge >= 0.3 is 6.09 Å². The van der Waals surface area contributed by atoms with Crippen molar-refractivity contribution in [3.8, 4) is 0 Å². The van der Waals surface area contributed by atoms with Crippen LogP contribution in [0.2, 0.25) is 0 Å². The van der Waals surface area contributed by atoms with Gasteiger partial charge in [0.15, 0.2) is 0 Å². The summed E-state index contributed by atoms with van der Waals surface area (Å²) >= 11 is 0. The fraction of sp³-hybridized carbons (Fsp3) is 0.750. The summed E-state index contributed by atoms with van der Waals surface area (Å²) in [5.74, 6) is 2.56. The first-order valence-electron chi connectivity index (χ1n) is 12.4. The van der Waals surface area contributed by atoms with Crippen LogP contribution in [0.25, 0.3) is 0 Å². The van der Waals surface area contributed by atoms with Crippen molar-refractivity contribution in [3.05, 3.63) is 12.4 Å². The average Bonchev–Trinajstić information content (AvgIpc) is 3.61. The lowest BCUT2D eigenvalue weighted by Crippen LogP contribution is -2.51. The number of carbonyl (C=O) groups excluding carboxylic acids is 2. The minimum Gasteiger partial charge on any atom is -0.444 e. The molecule has 1 aromatic heterocycles. The van der Waals surface area contributed by atoms with Crippen molar-refractivity contribution in [2.75, 3.05) is 49.5 Å². The second kappa shape index (κ2) is 10.1. The number of nitrogens with zero attached hydrogens (tertiary/aromatic N) is 5. The molecule has 9 heteroatoms. The molecular weight excluding hydrogens is 420 g/mol. The van der Waals surface area contributed by atoms with E-state index in [4.69, 9.17) is 4.74 Å². The molecule has 0 aromatic carbocycles. The second-order valence-corrected chi connectivity index (χ2v) is 10.5. The lowest BCUT2D eigenvalue weighted by Gasteiger charge is -2.36. The second-order valence-electron chi connectivity index (χ2n) is 10.5. The molecule has 4 rings (SSSR count). The molecule has 1 atom stereocenters. The highest BCUT2D eigenvalue weighted by Gasteiger charge is 2.29. The van der Waals surface area contributed by atoms with Gasteiger partial charge in [0, 0.05) is 57.8 Å². The quantitative estimate of drug-likeness (QED) is 0.700. The van der Waals surface area contributed by atoms with E-state index < -0.39 is 5.60 Å². The van der Waals surface area contributed by atoms with E-state index in [9.17, 15) is 9.59 Å². The maximum atomic E-state index is 12.8. The van der Waals surface area contributed by atoms with Crippen molar-refractivity contribution in [2.24, 2.45) is 5.92 Å². The Kier molecular flexibility index (Phi) is 7.24. The lowest BCUT2D eigenvalue weighted by atomic mass is 9.93. The highest BCUT2D eigenvalue weighted by molar-refractivity contribution is 5.76. The number of amides is 2. The molecule has 3 fully saturated rings. The normalized spacial score (nSPS) is 21.7. The summed E-state index contributed by atoms with van der Waals surface area (Å²) in [6.45, 7) is 9.74. The predicted molar refractivity (Wildman–Crippen MR) is 127 cm³/mol. The van der Waals surface area contributed by atoms with E-state index in [2.05, 4.69) is 26.3 Å². The lowest BCUT2D eigenvalue weighted by molar-refractivity contribution is -0.133. The molecule has 9 nitrogen and oxygen atoms in total. The Bertz CT molecular complexity index is 830. The van der Waals surface area contributed by atoms with Crippen molar-refractivity contribution >= 4 is 23.6 Å². The number of rotatable bonds is 6. The smallest absolute Gasteiger partial charge is 0.410 e.